The molecule has 0 spiro atoms. The SMILES string of the molecule is NC(=O)C1CCCN(C(=O)CC(N)C2CC2)C1. The van der Waals surface area contributed by atoms with Crippen molar-refractivity contribution in [3.05, 3.63) is 0 Å². The van der Waals surface area contributed by atoms with Gasteiger partial charge in [0.2, 0.25) is 11.8 Å². The highest BCUT2D eigenvalue weighted by atomic mass is 16.2. The third-order valence-electron chi connectivity index (χ3n) is 3.81. The van der Waals surface area contributed by atoms with Gasteiger partial charge in [0.1, 0.15) is 0 Å². The van der Waals surface area contributed by atoms with E-state index in [4.69, 9.17) is 11.5 Å². The van der Waals surface area contributed by atoms with Crippen LogP contribution in [0.15, 0.2) is 0 Å². The molecule has 1 saturated carbocycles. The van der Waals surface area contributed by atoms with Gasteiger partial charge in [-0.2, -0.15) is 0 Å². The van der Waals surface area contributed by atoms with Crippen LogP contribution in [0.25, 0.3) is 0 Å². The fourth-order valence-corrected chi connectivity index (χ4v) is 2.46. The van der Waals surface area contributed by atoms with Gasteiger partial charge in [0.05, 0.1) is 5.92 Å². The van der Waals surface area contributed by atoms with Crippen molar-refractivity contribution in [2.24, 2.45) is 23.3 Å². The van der Waals surface area contributed by atoms with Gasteiger partial charge in [0.15, 0.2) is 0 Å². The molecular formula is C12H21N3O2. The van der Waals surface area contributed by atoms with Crippen LogP contribution in [-0.4, -0.2) is 35.8 Å². The average Bonchev–Trinajstić information content (AvgIpc) is 3.12. The molecule has 0 radical (unpaired) electrons. The zero-order valence-corrected chi connectivity index (χ0v) is 10.1. The molecule has 5 nitrogen and oxygen atoms in total. The van der Waals surface area contributed by atoms with E-state index in [1.807, 2.05) is 0 Å². The summed E-state index contributed by atoms with van der Waals surface area (Å²) >= 11 is 0. The fraction of sp³-hybridized carbons (Fsp3) is 0.833. The minimum absolute atomic E-state index is 0.00328. The molecule has 0 bridgehead atoms. The predicted octanol–water partition coefficient (Wildman–Crippen LogP) is -0.162. The Balaban J connectivity index is 1.83. The molecule has 0 aromatic rings. The van der Waals surface area contributed by atoms with Crippen LogP contribution in [-0.2, 0) is 9.59 Å². The number of amides is 2. The number of nitrogens with two attached hydrogens (primary N) is 2. The van der Waals surface area contributed by atoms with E-state index >= 15 is 0 Å². The summed E-state index contributed by atoms with van der Waals surface area (Å²) in [5.74, 6) is 0.143. The van der Waals surface area contributed by atoms with Crippen LogP contribution in [0, 0.1) is 11.8 Å². The highest BCUT2D eigenvalue weighted by molar-refractivity contribution is 5.80. The number of piperidine rings is 1. The van der Waals surface area contributed by atoms with Crippen molar-refractivity contribution >= 4 is 11.8 Å². The van der Waals surface area contributed by atoms with Crippen LogP contribution in [0.2, 0.25) is 0 Å². The van der Waals surface area contributed by atoms with Crippen molar-refractivity contribution in [3.63, 3.8) is 0 Å². The van der Waals surface area contributed by atoms with Crippen LogP contribution in [0.3, 0.4) is 0 Å². The fourth-order valence-electron chi connectivity index (χ4n) is 2.46. The first-order chi connectivity index (χ1) is 8.08. The Morgan fingerprint density at radius 3 is 2.59 bits per heavy atom. The smallest absolute Gasteiger partial charge is 0.224 e. The molecule has 5 heteroatoms. The van der Waals surface area contributed by atoms with Gasteiger partial charge in [-0.3, -0.25) is 9.59 Å². The lowest BCUT2D eigenvalue weighted by Crippen LogP contribution is -2.45. The van der Waals surface area contributed by atoms with Gasteiger partial charge in [-0.05, 0) is 31.6 Å². The van der Waals surface area contributed by atoms with E-state index in [2.05, 4.69) is 0 Å². The summed E-state index contributed by atoms with van der Waals surface area (Å²) in [5, 5.41) is 0. The number of likely N-dealkylation sites (tertiary alicyclic amines) is 1. The third-order valence-corrected chi connectivity index (χ3v) is 3.81. The number of carbonyl (C=O) groups excluding carboxylic acids is 2. The third kappa shape index (κ3) is 3.19. The van der Waals surface area contributed by atoms with Crippen LogP contribution >= 0.6 is 0 Å². The monoisotopic (exact) mass is 239 g/mol. The second kappa shape index (κ2) is 5.04. The number of nitrogens with zero attached hydrogens (tertiary/aromatic N) is 1. The molecule has 2 amide bonds. The van der Waals surface area contributed by atoms with Gasteiger partial charge in [-0.25, -0.2) is 0 Å². The highest BCUT2D eigenvalue weighted by Crippen LogP contribution is 2.33. The number of hydrogen-bond acceptors (Lipinski definition) is 3. The van der Waals surface area contributed by atoms with Crippen LogP contribution < -0.4 is 11.5 Å². The Bertz CT molecular complexity index is 315. The lowest BCUT2D eigenvalue weighted by molar-refractivity contribution is -0.135. The van der Waals surface area contributed by atoms with Crippen molar-refractivity contribution in [1.29, 1.82) is 0 Å². The van der Waals surface area contributed by atoms with Gasteiger partial charge in [0.25, 0.3) is 0 Å². The maximum atomic E-state index is 12.0. The second-order valence-electron chi connectivity index (χ2n) is 5.29. The number of hydrogen-bond donors (Lipinski definition) is 2. The molecule has 17 heavy (non-hydrogen) atoms. The summed E-state index contributed by atoms with van der Waals surface area (Å²) in [6.45, 7) is 1.21. The average molecular weight is 239 g/mol. The molecule has 0 aromatic heterocycles. The van der Waals surface area contributed by atoms with Crippen LogP contribution in [0.5, 0.6) is 0 Å². The van der Waals surface area contributed by atoms with Gasteiger partial charge in [0, 0.05) is 25.6 Å². The largest absolute Gasteiger partial charge is 0.369 e. The zero-order chi connectivity index (χ0) is 12.4. The summed E-state index contributed by atoms with van der Waals surface area (Å²) in [6, 6.07) is -0.00328. The van der Waals surface area contributed by atoms with E-state index in [9.17, 15) is 9.59 Å². The summed E-state index contributed by atoms with van der Waals surface area (Å²) in [5.41, 5.74) is 11.2. The molecule has 2 atom stereocenters. The normalized spacial score (nSPS) is 26.6. The van der Waals surface area contributed by atoms with Crippen LogP contribution in [0.4, 0.5) is 0 Å². The standard InChI is InChI=1S/C12H21N3O2/c13-10(8-3-4-8)6-11(16)15-5-1-2-9(7-15)12(14)17/h8-10H,1-7,13H2,(H2,14,17). The Hall–Kier alpha value is -1.10. The molecule has 0 aromatic carbocycles. The molecule has 96 valence electrons. The number of carbonyl (C=O) groups is 2. The van der Waals surface area contributed by atoms with Gasteiger partial charge < -0.3 is 16.4 Å². The minimum Gasteiger partial charge on any atom is -0.369 e. The molecule has 1 heterocycles. The Morgan fingerprint density at radius 1 is 1.29 bits per heavy atom. The molecule has 2 unspecified atom stereocenters. The zero-order valence-electron chi connectivity index (χ0n) is 10.1. The van der Waals surface area contributed by atoms with Crippen molar-refractivity contribution < 1.29 is 9.59 Å². The van der Waals surface area contributed by atoms with Crippen molar-refractivity contribution in [1.82, 2.24) is 4.90 Å². The molecule has 2 rings (SSSR count). The summed E-state index contributed by atoms with van der Waals surface area (Å²) in [6.07, 6.45) is 4.37. The highest BCUT2D eigenvalue weighted by Gasteiger charge is 2.32. The van der Waals surface area contributed by atoms with Gasteiger partial charge in [-0.1, -0.05) is 0 Å². The predicted molar refractivity (Wildman–Crippen MR) is 63.8 cm³/mol. The molecule has 1 aliphatic heterocycles. The molecule has 1 saturated heterocycles. The first kappa shape index (κ1) is 12.4. The van der Waals surface area contributed by atoms with Gasteiger partial charge >= 0.3 is 0 Å². The molecule has 4 N–H and O–H groups in total. The summed E-state index contributed by atoms with van der Waals surface area (Å²) in [7, 11) is 0. The van der Waals surface area contributed by atoms with E-state index < -0.39 is 0 Å². The maximum absolute atomic E-state index is 12.0. The van der Waals surface area contributed by atoms with E-state index in [1.165, 1.54) is 0 Å². The lowest BCUT2D eigenvalue weighted by atomic mass is 9.97. The minimum atomic E-state index is -0.297. The van der Waals surface area contributed by atoms with E-state index in [-0.39, 0.29) is 23.8 Å². The van der Waals surface area contributed by atoms with Gasteiger partial charge in [-0.15, -0.1) is 0 Å². The maximum Gasteiger partial charge on any atom is 0.224 e. The molecule has 2 fully saturated rings. The first-order valence-corrected chi connectivity index (χ1v) is 6.40. The summed E-state index contributed by atoms with van der Waals surface area (Å²) in [4.78, 5) is 24.9. The van der Waals surface area contributed by atoms with Crippen molar-refractivity contribution in [2.45, 2.75) is 38.1 Å². The first-order valence-electron chi connectivity index (χ1n) is 6.40. The van der Waals surface area contributed by atoms with E-state index in [0.717, 1.165) is 32.2 Å². The lowest BCUT2D eigenvalue weighted by Gasteiger charge is -2.32. The van der Waals surface area contributed by atoms with E-state index in [0.29, 0.717) is 18.9 Å². The van der Waals surface area contributed by atoms with Crippen molar-refractivity contribution in [3.8, 4) is 0 Å². The molecular weight excluding hydrogens is 218 g/mol. The van der Waals surface area contributed by atoms with E-state index in [1.54, 1.807) is 4.90 Å². The Kier molecular flexibility index (Phi) is 3.66. The topological polar surface area (TPSA) is 89.4 Å². The number of rotatable bonds is 4. The van der Waals surface area contributed by atoms with Crippen LogP contribution in [0.1, 0.15) is 32.1 Å². The van der Waals surface area contributed by atoms with Crippen molar-refractivity contribution in [2.75, 3.05) is 13.1 Å². The molecule has 2 aliphatic rings. The summed E-state index contributed by atoms with van der Waals surface area (Å²) < 4.78 is 0. The Morgan fingerprint density at radius 2 is 2.00 bits per heavy atom. The molecule has 1 aliphatic carbocycles. The Labute approximate surface area is 102 Å². The second-order valence-corrected chi connectivity index (χ2v) is 5.29. The number of primary amides is 1. The quantitative estimate of drug-likeness (QED) is 0.714.